The third kappa shape index (κ3) is 3.77. The lowest BCUT2D eigenvalue weighted by molar-refractivity contribution is -0.134. The highest BCUT2D eigenvalue weighted by Gasteiger charge is 2.62. The third-order valence-electron chi connectivity index (χ3n) is 10.5. The van der Waals surface area contributed by atoms with Crippen molar-refractivity contribution in [2.24, 2.45) is 52.3 Å². The third-order valence-corrected chi connectivity index (χ3v) is 10.5. The Bertz CT molecular complexity index is 753. The topological polar surface area (TPSA) is 54.4 Å². The predicted molar refractivity (Wildman–Crippen MR) is 124 cm³/mol. The fraction of sp³-hybridized carbons (Fsp3) is 0.857. The van der Waals surface area contributed by atoms with Crippen molar-refractivity contribution in [3.05, 3.63) is 11.6 Å². The standard InChI is InChI=1S/C28H44O3/c1-17-10-12-27(4)20(14-17)7-8-21-22(27)11-13-28(5)23(21)15-25(31)26(28)19(3)24(30)9-6-18(2)16-29/h7,17-19,21-23,26,29H,6,8-16H2,1-5H3. The van der Waals surface area contributed by atoms with E-state index >= 15 is 0 Å². The number of hydrogen-bond donors (Lipinski definition) is 1. The van der Waals surface area contributed by atoms with Gasteiger partial charge in [0.15, 0.2) is 0 Å². The van der Waals surface area contributed by atoms with Gasteiger partial charge in [0.1, 0.15) is 11.6 Å². The number of carbonyl (C=O) groups excluding carboxylic acids is 2. The molecule has 0 bridgehead atoms. The predicted octanol–water partition coefficient (Wildman–Crippen LogP) is 5.99. The molecule has 0 saturated heterocycles. The Morgan fingerprint density at radius 2 is 1.90 bits per heavy atom. The average Bonchev–Trinajstić information content (AvgIpc) is 3.01. The minimum absolute atomic E-state index is 0.0282. The summed E-state index contributed by atoms with van der Waals surface area (Å²) in [6, 6.07) is 0. The molecule has 0 amide bonds. The van der Waals surface area contributed by atoms with Gasteiger partial charge in [0.05, 0.1) is 0 Å². The Balaban J connectivity index is 1.54. The number of carbonyl (C=O) groups is 2. The van der Waals surface area contributed by atoms with Gasteiger partial charge in [-0.05, 0) is 85.4 Å². The molecule has 0 radical (unpaired) electrons. The number of rotatable bonds is 6. The average molecular weight is 429 g/mol. The van der Waals surface area contributed by atoms with Crippen molar-refractivity contribution in [2.45, 2.75) is 92.4 Å². The minimum atomic E-state index is -0.189. The summed E-state index contributed by atoms with van der Waals surface area (Å²) in [5, 5.41) is 9.29. The highest BCUT2D eigenvalue weighted by Crippen LogP contribution is 2.66. The summed E-state index contributed by atoms with van der Waals surface area (Å²) in [7, 11) is 0. The molecule has 0 spiro atoms. The van der Waals surface area contributed by atoms with E-state index in [1.54, 1.807) is 5.57 Å². The Kier molecular flexibility index (Phi) is 6.31. The van der Waals surface area contributed by atoms with Gasteiger partial charge in [-0.2, -0.15) is 0 Å². The van der Waals surface area contributed by atoms with Crippen molar-refractivity contribution < 1.29 is 14.7 Å². The fourth-order valence-electron chi connectivity index (χ4n) is 8.42. The zero-order chi connectivity index (χ0) is 22.6. The van der Waals surface area contributed by atoms with Gasteiger partial charge in [-0.3, -0.25) is 9.59 Å². The van der Waals surface area contributed by atoms with E-state index in [4.69, 9.17) is 0 Å². The zero-order valence-corrected chi connectivity index (χ0v) is 20.5. The van der Waals surface area contributed by atoms with Gasteiger partial charge in [0, 0.05) is 31.3 Å². The molecule has 4 rings (SSSR count). The summed E-state index contributed by atoms with van der Waals surface area (Å²) in [5.41, 5.74) is 2.01. The molecule has 3 nitrogen and oxygen atoms in total. The highest BCUT2D eigenvalue weighted by molar-refractivity contribution is 5.92. The van der Waals surface area contributed by atoms with Gasteiger partial charge in [-0.15, -0.1) is 0 Å². The Hall–Kier alpha value is -0.960. The molecule has 9 unspecified atom stereocenters. The number of fused-ring (bicyclic) bond motifs is 5. The lowest BCUT2D eigenvalue weighted by Crippen LogP contribution is -2.51. The first-order valence-corrected chi connectivity index (χ1v) is 13.0. The summed E-state index contributed by atoms with van der Waals surface area (Å²) in [5.74, 6) is 2.98. The molecular formula is C28H44O3. The maximum Gasteiger partial charge on any atom is 0.137 e. The number of aliphatic hydroxyl groups is 1. The Morgan fingerprint density at radius 3 is 2.61 bits per heavy atom. The van der Waals surface area contributed by atoms with Gasteiger partial charge in [-0.25, -0.2) is 0 Å². The molecule has 0 aromatic carbocycles. The van der Waals surface area contributed by atoms with Crippen LogP contribution in [0.5, 0.6) is 0 Å². The molecule has 3 heteroatoms. The van der Waals surface area contributed by atoms with Crippen molar-refractivity contribution >= 4 is 11.6 Å². The summed E-state index contributed by atoms with van der Waals surface area (Å²) < 4.78 is 0. The van der Waals surface area contributed by atoms with Crippen LogP contribution in [0, 0.1) is 52.3 Å². The van der Waals surface area contributed by atoms with Gasteiger partial charge in [0.25, 0.3) is 0 Å². The SMILES string of the molecule is CC(CO)CCC(=O)C(C)C1C(=O)CC2C3CC=C4CC(C)CCC4(C)C3CCC21C. The van der Waals surface area contributed by atoms with Crippen LogP contribution < -0.4 is 0 Å². The number of ketones is 2. The lowest BCUT2D eigenvalue weighted by Gasteiger charge is -2.58. The van der Waals surface area contributed by atoms with Crippen molar-refractivity contribution in [1.82, 2.24) is 0 Å². The zero-order valence-electron chi connectivity index (χ0n) is 20.5. The van der Waals surface area contributed by atoms with Crippen LogP contribution in [-0.2, 0) is 9.59 Å². The molecule has 1 N–H and O–H groups in total. The molecule has 0 aliphatic heterocycles. The smallest absolute Gasteiger partial charge is 0.137 e. The maximum atomic E-state index is 13.4. The molecule has 0 aromatic heterocycles. The molecule has 0 heterocycles. The van der Waals surface area contributed by atoms with Crippen LogP contribution in [0.3, 0.4) is 0 Å². The van der Waals surface area contributed by atoms with E-state index in [-0.39, 0.29) is 35.6 Å². The van der Waals surface area contributed by atoms with Crippen LogP contribution in [-0.4, -0.2) is 23.3 Å². The summed E-state index contributed by atoms with van der Waals surface area (Å²) in [6.45, 7) is 11.4. The van der Waals surface area contributed by atoms with Crippen LogP contribution in [0.15, 0.2) is 11.6 Å². The van der Waals surface area contributed by atoms with Crippen molar-refractivity contribution in [2.75, 3.05) is 6.61 Å². The minimum Gasteiger partial charge on any atom is -0.396 e. The summed E-state index contributed by atoms with van der Waals surface area (Å²) in [6.07, 6.45) is 11.8. The van der Waals surface area contributed by atoms with Crippen LogP contribution in [0.4, 0.5) is 0 Å². The van der Waals surface area contributed by atoms with Crippen molar-refractivity contribution in [3.8, 4) is 0 Å². The van der Waals surface area contributed by atoms with E-state index in [2.05, 4.69) is 26.8 Å². The Morgan fingerprint density at radius 1 is 1.16 bits per heavy atom. The van der Waals surface area contributed by atoms with Crippen molar-refractivity contribution in [1.29, 1.82) is 0 Å². The summed E-state index contributed by atoms with van der Waals surface area (Å²) >= 11 is 0. The lowest BCUT2D eigenvalue weighted by atomic mass is 9.46. The maximum absolute atomic E-state index is 13.4. The van der Waals surface area contributed by atoms with Crippen LogP contribution >= 0.6 is 0 Å². The van der Waals surface area contributed by atoms with E-state index in [0.717, 1.165) is 25.2 Å². The second-order valence-corrected chi connectivity index (χ2v) is 12.4. The molecule has 9 atom stereocenters. The first-order chi connectivity index (χ1) is 14.6. The highest BCUT2D eigenvalue weighted by atomic mass is 16.3. The van der Waals surface area contributed by atoms with Crippen LogP contribution in [0.2, 0.25) is 0 Å². The molecule has 31 heavy (non-hydrogen) atoms. The molecule has 4 aliphatic rings. The van der Waals surface area contributed by atoms with E-state index in [1.165, 1.54) is 25.7 Å². The molecule has 3 fully saturated rings. The van der Waals surface area contributed by atoms with E-state index in [1.807, 2.05) is 13.8 Å². The molecule has 4 aliphatic carbocycles. The monoisotopic (exact) mass is 428 g/mol. The summed E-state index contributed by atoms with van der Waals surface area (Å²) in [4.78, 5) is 26.4. The van der Waals surface area contributed by atoms with Crippen LogP contribution in [0.25, 0.3) is 0 Å². The number of allylic oxidation sites excluding steroid dienone is 2. The molecule has 3 saturated carbocycles. The van der Waals surface area contributed by atoms with Gasteiger partial charge < -0.3 is 5.11 Å². The first-order valence-electron chi connectivity index (χ1n) is 13.0. The molecular weight excluding hydrogens is 384 g/mol. The normalized spacial score (nSPS) is 44.0. The van der Waals surface area contributed by atoms with E-state index in [0.29, 0.717) is 41.8 Å². The van der Waals surface area contributed by atoms with Gasteiger partial charge in [0.2, 0.25) is 0 Å². The van der Waals surface area contributed by atoms with Crippen LogP contribution in [0.1, 0.15) is 92.4 Å². The molecule has 0 aromatic rings. The van der Waals surface area contributed by atoms with Crippen molar-refractivity contribution in [3.63, 3.8) is 0 Å². The number of Topliss-reactive ketones (excluding diaryl/α,β-unsaturated/α-hetero) is 2. The second-order valence-electron chi connectivity index (χ2n) is 12.4. The van der Waals surface area contributed by atoms with Gasteiger partial charge >= 0.3 is 0 Å². The second kappa shape index (κ2) is 8.43. The van der Waals surface area contributed by atoms with Gasteiger partial charge in [-0.1, -0.05) is 46.3 Å². The quantitative estimate of drug-likeness (QED) is 0.528. The first kappa shape index (κ1) is 23.2. The Labute approximate surface area is 189 Å². The largest absolute Gasteiger partial charge is 0.396 e. The number of hydrogen-bond acceptors (Lipinski definition) is 3. The van der Waals surface area contributed by atoms with E-state index < -0.39 is 0 Å². The number of aliphatic hydroxyl groups excluding tert-OH is 1. The molecule has 174 valence electrons. The van der Waals surface area contributed by atoms with E-state index in [9.17, 15) is 14.7 Å². The fourth-order valence-corrected chi connectivity index (χ4v) is 8.42.